The van der Waals surface area contributed by atoms with E-state index in [9.17, 15) is 4.79 Å². The minimum atomic E-state index is 0.0809. The summed E-state index contributed by atoms with van der Waals surface area (Å²) in [6.45, 7) is 6.30. The molecule has 2 rings (SSSR count). The lowest BCUT2D eigenvalue weighted by molar-refractivity contribution is -0.119. The van der Waals surface area contributed by atoms with Gasteiger partial charge in [0.2, 0.25) is 5.91 Å². The standard InChI is InChI=1S/C16H24N2OS/c1-12-5-3-4-6-15(12)13(2)18-16(19)11-20-14-7-9-17-10-8-14/h3-6,13-14,17H,7-11H2,1-2H3,(H,18,19)/t13-/m0/s1. The zero-order chi connectivity index (χ0) is 14.4. The molecule has 0 saturated carbocycles. The van der Waals surface area contributed by atoms with Gasteiger partial charge in [-0.05, 0) is 50.9 Å². The third-order valence-electron chi connectivity index (χ3n) is 3.77. The van der Waals surface area contributed by atoms with Crippen molar-refractivity contribution >= 4 is 17.7 Å². The number of aryl methyl sites for hydroxylation is 1. The maximum atomic E-state index is 12.0. The normalized spacial score (nSPS) is 17.7. The Balaban J connectivity index is 1.77. The van der Waals surface area contributed by atoms with E-state index in [0.717, 1.165) is 13.1 Å². The van der Waals surface area contributed by atoms with Gasteiger partial charge >= 0.3 is 0 Å². The molecule has 1 fully saturated rings. The summed E-state index contributed by atoms with van der Waals surface area (Å²) in [6.07, 6.45) is 2.34. The first-order valence-corrected chi connectivity index (χ1v) is 8.39. The molecule has 0 aliphatic carbocycles. The lowest BCUT2D eigenvalue weighted by Crippen LogP contribution is -2.32. The zero-order valence-electron chi connectivity index (χ0n) is 12.3. The van der Waals surface area contributed by atoms with E-state index in [4.69, 9.17) is 0 Å². The molecule has 0 radical (unpaired) electrons. The van der Waals surface area contributed by atoms with Gasteiger partial charge in [0.05, 0.1) is 11.8 Å². The Kier molecular flexibility index (Phi) is 5.92. The predicted molar refractivity (Wildman–Crippen MR) is 86.1 cm³/mol. The fourth-order valence-corrected chi connectivity index (χ4v) is 3.63. The van der Waals surface area contributed by atoms with E-state index in [-0.39, 0.29) is 11.9 Å². The van der Waals surface area contributed by atoms with E-state index in [2.05, 4.69) is 36.6 Å². The first-order chi connectivity index (χ1) is 9.66. The highest BCUT2D eigenvalue weighted by atomic mass is 32.2. The lowest BCUT2D eigenvalue weighted by Gasteiger charge is -2.22. The van der Waals surface area contributed by atoms with Crippen LogP contribution >= 0.6 is 11.8 Å². The summed E-state index contributed by atoms with van der Waals surface area (Å²) in [5.74, 6) is 0.713. The van der Waals surface area contributed by atoms with E-state index < -0.39 is 0 Å². The van der Waals surface area contributed by atoms with E-state index in [1.807, 2.05) is 12.1 Å². The van der Waals surface area contributed by atoms with Gasteiger partial charge in [-0.3, -0.25) is 4.79 Å². The van der Waals surface area contributed by atoms with Crippen molar-refractivity contribution in [2.75, 3.05) is 18.8 Å². The van der Waals surface area contributed by atoms with Gasteiger partial charge in [-0.1, -0.05) is 24.3 Å². The summed E-state index contributed by atoms with van der Waals surface area (Å²) < 4.78 is 0. The minimum Gasteiger partial charge on any atom is -0.349 e. The van der Waals surface area contributed by atoms with E-state index >= 15 is 0 Å². The Morgan fingerprint density at radius 2 is 2.10 bits per heavy atom. The van der Waals surface area contributed by atoms with Crippen molar-refractivity contribution < 1.29 is 4.79 Å². The number of carbonyl (C=O) groups excluding carboxylic acids is 1. The van der Waals surface area contributed by atoms with E-state index in [0.29, 0.717) is 11.0 Å². The van der Waals surface area contributed by atoms with Gasteiger partial charge in [0.15, 0.2) is 0 Å². The number of nitrogens with one attached hydrogen (secondary N) is 2. The maximum absolute atomic E-state index is 12.0. The quantitative estimate of drug-likeness (QED) is 0.876. The van der Waals surface area contributed by atoms with Crippen LogP contribution in [-0.4, -0.2) is 30.0 Å². The van der Waals surface area contributed by atoms with Gasteiger partial charge in [-0.2, -0.15) is 0 Å². The van der Waals surface area contributed by atoms with Crippen molar-refractivity contribution in [2.24, 2.45) is 0 Å². The Morgan fingerprint density at radius 1 is 1.40 bits per heavy atom. The molecular formula is C16H24N2OS. The van der Waals surface area contributed by atoms with E-state index in [1.165, 1.54) is 24.0 Å². The molecule has 1 saturated heterocycles. The van der Waals surface area contributed by atoms with Gasteiger partial charge in [0.25, 0.3) is 0 Å². The minimum absolute atomic E-state index is 0.0809. The van der Waals surface area contributed by atoms with Crippen LogP contribution in [0.3, 0.4) is 0 Å². The highest BCUT2D eigenvalue weighted by Gasteiger charge is 2.16. The Morgan fingerprint density at radius 3 is 2.80 bits per heavy atom. The summed E-state index contributed by atoms with van der Waals surface area (Å²) in [5, 5.41) is 7.08. The second-order valence-electron chi connectivity index (χ2n) is 5.41. The number of hydrogen-bond acceptors (Lipinski definition) is 3. The summed E-state index contributed by atoms with van der Waals surface area (Å²) in [6, 6.07) is 8.30. The number of hydrogen-bond donors (Lipinski definition) is 2. The van der Waals surface area contributed by atoms with Gasteiger partial charge in [0, 0.05) is 5.25 Å². The van der Waals surface area contributed by atoms with Crippen LogP contribution < -0.4 is 10.6 Å². The average molecular weight is 292 g/mol. The molecule has 1 aliphatic rings. The first-order valence-electron chi connectivity index (χ1n) is 7.34. The Hall–Kier alpha value is -1.000. The summed E-state index contributed by atoms with van der Waals surface area (Å²) in [5.41, 5.74) is 2.43. The van der Waals surface area contributed by atoms with E-state index in [1.54, 1.807) is 11.8 Å². The van der Waals surface area contributed by atoms with Crippen LogP contribution in [0.1, 0.15) is 36.9 Å². The third-order valence-corrected chi connectivity index (χ3v) is 5.14. The van der Waals surface area contributed by atoms with Gasteiger partial charge < -0.3 is 10.6 Å². The molecule has 0 aromatic heterocycles. The fraction of sp³-hybridized carbons (Fsp3) is 0.562. The molecule has 0 spiro atoms. The molecule has 1 aromatic rings. The first kappa shape index (κ1) is 15.4. The van der Waals surface area contributed by atoms with Gasteiger partial charge in [-0.15, -0.1) is 11.8 Å². The molecule has 1 amide bonds. The average Bonchev–Trinajstić information content (AvgIpc) is 2.46. The topological polar surface area (TPSA) is 41.1 Å². The molecule has 1 aliphatic heterocycles. The highest BCUT2D eigenvalue weighted by Crippen LogP contribution is 2.21. The van der Waals surface area contributed by atoms with Crippen LogP contribution in [0.4, 0.5) is 0 Å². The van der Waals surface area contributed by atoms with Crippen LogP contribution in [0.5, 0.6) is 0 Å². The molecule has 0 bridgehead atoms. The van der Waals surface area contributed by atoms with Crippen LogP contribution in [0.15, 0.2) is 24.3 Å². The smallest absolute Gasteiger partial charge is 0.230 e. The molecule has 1 heterocycles. The number of rotatable bonds is 5. The van der Waals surface area contributed by atoms with Crippen molar-refractivity contribution in [1.29, 1.82) is 0 Å². The van der Waals surface area contributed by atoms with Gasteiger partial charge in [0.1, 0.15) is 0 Å². The molecule has 1 atom stereocenters. The maximum Gasteiger partial charge on any atom is 0.230 e. The van der Waals surface area contributed by atoms with Crippen LogP contribution in [-0.2, 0) is 4.79 Å². The second kappa shape index (κ2) is 7.70. The molecule has 20 heavy (non-hydrogen) atoms. The largest absolute Gasteiger partial charge is 0.349 e. The van der Waals surface area contributed by atoms with Crippen molar-refractivity contribution in [3.8, 4) is 0 Å². The summed E-state index contributed by atoms with van der Waals surface area (Å²) in [7, 11) is 0. The fourth-order valence-electron chi connectivity index (χ4n) is 2.59. The van der Waals surface area contributed by atoms with Crippen molar-refractivity contribution in [1.82, 2.24) is 10.6 Å². The molecular weight excluding hydrogens is 268 g/mol. The lowest BCUT2D eigenvalue weighted by atomic mass is 10.0. The second-order valence-corrected chi connectivity index (χ2v) is 6.69. The molecule has 1 aromatic carbocycles. The molecule has 3 nitrogen and oxygen atoms in total. The molecule has 0 unspecified atom stereocenters. The number of benzene rings is 1. The SMILES string of the molecule is Cc1ccccc1[C@H](C)NC(=O)CSC1CCNCC1. The van der Waals surface area contributed by atoms with Crippen molar-refractivity contribution in [3.05, 3.63) is 35.4 Å². The molecule has 110 valence electrons. The third kappa shape index (κ3) is 4.53. The number of piperidine rings is 1. The number of amides is 1. The van der Waals surface area contributed by atoms with Crippen molar-refractivity contribution in [2.45, 2.75) is 38.0 Å². The predicted octanol–water partition coefficient (Wildman–Crippen LogP) is 2.66. The summed E-state index contributed by atoms with van der Waals surface area (Å²) >= 11 is 1.79. The number of carbonyl (C=O) groups is 1. The zero-order valence-corrected chi connectivity index (χ0v) is 13.1. The molecule has 2 N–H and O–H groups in total. The monoisotopic (exact) mass is 292 g/mol. The van der Waals surface area contributed by atoms with Crippen LogP contribution in [0.2, 0.25) is 0 Å². The number of thioether (sulfide) groups is 1. The van der Waals surface area contributed by atoms with Crippen molar-refractivity contribution in [3.63, 3.8) is 0 Å². The Labute approximate surface area is 125 Å². The highest BCUT2D eigenvalue weighted by molar-refractivity contribution is 8.00. The molecule has 4 heteroatoms. The Bertz CT molecular complexity index is 444. The van der Waals surface area contributed by atoms with Crippen LogP contribution in [0.25, 0.3) is 0 Å². The van der Waals surface area contributed by atoms with Crippen LogP contribution in [0, 0.1) is 6.92 Å². The summed E-state index contributed by atoms with van der Waals surface area (Å²) in [4.78, 5) is 12.0. The van der Waals surface area contributed by atoms with Gasteiger partial charge in [-0.25, -0.2) is 0 Å².